The van der Waals surface area contributed by atoms with Crippen molar-refractivity contribution in [1.82, 2.24) is 0 Å². The molecule has 0 aliphatic rings. The van der Waals surface area contributed by atoms with Crippen molar-refractivity contribution in [2.45, 2.75) is 39.7 Å². The molecule has 5 heteroatoms. The van der Waals surface area contributed by atoms with Crippen LogP contribution in [0.3, 0.4) is 0 Å². The maximum Gasteiger partial charge on any atom is 0.323 e. The highest BCUT2D eigenvalue weighted by Gasteiger charge is 2.45. The van der Waals surface area contributed by atoms with E-state index in [2.05, 4.69) is 0 Å². The lowest BCUT2D eigenvalue weighted by molar-refractivity contribution is -0.149. The summed E-state index contributed by atoms with van der Waals surface area (Å²) in [6.45, 7) is 6.71. The summed E-state index contributed by atoms with van der Waals surface area (Å²) < 4.78 is 0. The number of rotatable bonds is 4. The van der Waals surface area contributed by atoms with E-state index in [0.717, 1.165) is 0 Å². The second-order valence-corrected chi connectivity index (χ2v) is 5.10. The molecular formula is C10H19NO4. The molecule has 0 aliphatic heterocycles. The van der Waals surface area contributed by atoms with E-state index in [1.165, 1.54) is 6.92 Å². The molecule has 0 aromatic rings. The smallest absolute Gasteiger partial charge is 0.323 e. The molecule has 2 atom stereocenters. The van der Waals surface area contributed by atoms with Gasteiger partial charge in [-0.25, -0.2) is 0 Å². The molecule has 0 heterocycles. The predicted octanol–water partition coefficient (Wildman–Crippen LogP) is 0.925. The van der Waals surface area contributed by atoms with E-state index in [1.54, 1.807) is 20.8 Å². The number of nitrogens with two attached hydrogens (primary N) is 1. The minimum absolute atomic E-state index is 0.247. The van der Waals surface area contributed by atoms with E-state index in [-0.39, 0.29) is 6.42 Å². The number of carboxylic acids is 2. The molecule has 0 rings (SSSR count). The summed E-state index contributed by atoms with van der Waals surface area (Å²) in [5.74, 6) is -2.84. The summed E-state index contributed by atoms with van der Waals surface area (Å²) in [4.78, 5) is 21.6. The summed E-state index contributed by atoms with van der Waals surface area (Å²) in [6.07, 6.45) is -0.247. The number of carboxylic acid groups (broad SMARTS) is 2. The highest BCUT2D eigenvalue weighted by atomic mass is 16.4. The molecule has 5 nitrogen and oxygen atoms in total. The van der Waals surface area contributed by atoms with Gasteiger partial charge in [0.1, 0.15) is 5.54 Å². The van der Waals surface area contributed by atoms with Crippen LogP contribution in [-0.2, 0) is 9.59 Å². The third kappa shape index (κ3) is 3.51. The Balaban J connectivity index is 5.11. The average Bonchev–Trinajstić information content (AvgIpc) is 1.97. The van der Waals surface area contributed by atoms with Crippen LogP contribution in [0.15, 0.2) is 0 Å². The van der Waals surface area contributed by atoms with Crippen LogP contribution in [0.5, 0.6) is 0 Å². The molecule has 0 aliphatic carbocycles. The molecule has 15 heavy (non-hydrogen) atoms. The molecular weight excluding hydrogens is 198 g/mol. The van der Waals surface area contributed by atoms with Crippen molar-refractivity contribution in [3.63, 3.8) is 0 Å². The van der Waals surface area contributed by atoms with Gasteiger partial charge in [-0.05, 0) is 12.3 Å². The van der Waals surface area contributed by atoms with Crippen molar-refractivity contribution in [3.8, 4) is 0 Å². The highest BCUT2D eigenvalue weighted by molar-refractivity contribution is 5.80. The zero-order chi connectivity index (χ0) is 12.4. The van der Waals surface area contributed by atoms with Gasteiger partial charge in [0.2, 0.25) is 0 Å². The average molecular weight is 217 g/mol. The van der Waals surface area contributed by atoms with Crippen LogP contribution in [0.1, 0.15) is 34.1 Å². The molecule has 0 aromatic carbocycles. The fraction of sp³-hybridized carbons (Fsp3) is 0.800. The first-order valence-electron chi connectivity index (χ1n) is 4.73. The first-order valence-corrected chi connectivity index (χ1v) is 4.73. The summed E-state index contributed by atoms with van der Waals surface area (Å²) in [7, 11) is 0. The Morgan fingerprint density at radius 3 is 1.80 bits per heavy atom. The van der Waals surface area contributed by atoms with E-state index in [0.29, 0.717) is 0 Å². The van der Waals surface area contributed by atoms with Gasteiger partial charge in [0.15, 0.2) is 0 Å². The molecule has 0 saturated carbocycles. The Morgan fingerprint density at radius 1 is 1.20 bits per heavy atom. The lowest BCUT2D eigenvalue weighted by Crippen LogP contribution is -2.56. The lowest BCUT2D eigenvalue weighted by atomic mass is 9.68. The number of hydrogen-bond acceptors (Lipinski definition) is 3. The minimum Gasteiger partial charge on any atom is -0.481 e. The van der Waals surface area contributed by atoms with Gasteiger partial charge in [0.05, 0.1) is 6.42 Å². The Hall–Kier alpha value is -1.10. The maximum absolute atomic E-state index is 11.0. The second-order valence-electron chi connectivity index (χ2n) is 5.10. The van der Waals surface area contributed by atoms with Crippen LogP contribution < -0.4 is 5.73 Å². The largest absolute Gasteiger partial charge is 0.481 e. The van der Waals surface area contributed by atoms with Crippen LogP contribution in [0.4, 0.5) is 0 Å². The molecule has 0 bridgehead atoms. The van der Waals surface area contributed by atoms with Crippen molar-refractivity contribution in [2.24, 2.45) is 17.1 Å². The number of hydrogen-bond donors (Lipinski definition) is 3. The van der Waals surface area contributed by atoms with Crippen LogP contribution in [0.2, 0.25) is 0 Å². The second kappa shape index (κ2) is 4.18. The zero-order valence-corrected chi connectivity index (χ0v) is 9.57. The predicted molar refractivity (Wildman–Crippen MR) is 55.4 cm³/mol. The first-order chi connectivity index (χ1) is 6.49. The van der Waals surface area contributed by atoms with E-state index in [9.17, 15) is 9.59 Å². The van der Waals surface area contributed by atoms with Gasteiger partial charge in [-0.1, -0.05) is 20.8 Å². The van der Waals surface area contributed by atoms with Gasteiger partial charge in [0.25, 0.3) is 0 Å². The van der Waals surface area contributed by atoms with Gasteiger partial charge < -0.3 is 15.9 Å². The maximum atomic E-state index is 11.0. The fourth-order valence-corrected chi connectivity index (χ4v) is 1.74. The van der Waals surface area contributed by atoms with Gasteiger partial charge in [-0.15, -0.1) is 0 Å². The Kier molecular flexibility index (Phi) is 3.88. The topological polar surface area (TPSA) is 101 Å². The van der Waals surface area contributed by atoms with E-state index >= 15 is 0 Å². The fourth-order valence-electron chi connectivity index (χ4n) is 1.74. The lowest BCUT2D eigenvalue weighted by Gasteiger charge is -2.38. The Labute approximate surface area is 89.3 Å². The van der Waals surface area contributed by atoms with Crippen molar-refractivity contribution in [3.05, 3.63) is 0 Å². The molecule has 0 fully saturated rings. The Morgan fingerprint density at radius 2 is 1.60 bits per heavy atom. The van der Waals surface area contributed by atoms with Crippen LogP contribution >= 0.6 is 0 Å². The van der Waals surface area contributed by atoms with Crippen molar-refractivity contribution < 1.29 is 19.8 Å². The minimum atomic E-state index is -1.53. The standard InChI is InChI=1S/C10H19NO4/c1-9(2,3)6(5-7(12)13)10(4,11)8(14)15/h6H,5,11H2,1-4H3,(H,12,13)(H,14,15)/t6?,10-/m0/s1. The number of aliphatic carboxylic acids is 2. The first kappa shape index (κ1) is 13.9. The SMILES string of the molecule is CC(C)(C)C(CC(=O)O)[C@](C)(N)C(=O)O. The molecule has 0 radical (unpaired) electrons. The van der Waals surface area contributed by atoms with Crippen LogP contribution in [0.25, 0.3) is 0 Å². The molecule has 0 aromatic heterocycles. The molecule has 88 valence electrons. The van der Waals surface area contributed by atoms with Crippen molar-refractivity contribution >= 4 is 11.9 Å². The highest BCUT2D eigenvalue weighted by Crippen LogP contribution is 2.36. The van der Waals surface area contributed by atoms with Crippen molar-refractivity contribution in [2.75, 3.05) is 0 Å². The van der Waals surface area contributed by atoms with E-state index in [1.807, 2.05) is 0 Å². The quantitative estimate of drug-likeness (QED) is 0.650. The third-order valence-corrected chi connectivity index (χ3v) is 2.61. The van der Waals surface area contributed by atoms with Gasteiger partial charge in [-0.3, -0.25) is 9.59 Å². The Bertz CT molecular complexity index is 265. The monoisotopic (exact) mass is 217 g/mol. The molecule has 4 N–H and O–H groups in total. The van der Waals surface area contributed by atoms with Gasteiger partial charge in [-0.2, -0.15) is 0 Å². The summed E-state index contributed by atoms with van der Waals surface area (Å²) in [5, 5.41) is 17.7. The zero-order valence-electron chi connectivity index (χ0n) is 9.57. The van der Waals surface area contributed by atoms with Crippen LogP contribution in [0, 0.1) is 11.3 Å². The normalized spacial score (nSPS) is 17.9. The number of carbonyl (C=O) groups is 2. The summed E-state index contributed by atoms with van der Waals surface area (Å²) in [5.41, 5.74) is 3.67. The van der Waals surface area contributed by atoms with Crippen LogP contribution in [-0.4, -0.2) is 27.7 Å². The van der Waals surface area contributed by atoms with Crippen molar-refractivity contribution in [1.29, 1.82) is 0 Å². The van der Waals surface area contributed by atoms with Gasteiger partial charge in [0, 0.05) is 5.92 Å². The van der Waals surface area contributed by atoms with Gasteiger partial charge >= 0.3 is 11.9 Å². The van der Waals surface area contributed by atoms with E-state index < -0.39 is 28.8 Å². The molecule has 0 amide bonds. The summed E-state index contributed by atoms with van der Waals surface area (Å²) in [6, 6.07) is 0. The van der Waals surface area contributed by atoms with E-state index in [4.69, 9.17) is 15.9 Å². The molecule has 0 saturated heterocycles. The summed E-state index contributed by atoms with van der Waals surface area (Å²) >= 11 is 0. The molecule has 1 unspecified atom stereocenters. The third-order valence-electron chi connectivity index (χ3n) is 2.61. The molecule has 0 spiro atoms.